The van der Waals surface area contributed by atoms with Crippen LogP contribution in [-0.4, -0.2) is 23.0 Å². The van der Waals surface area contributed by atoms with Crippen LogP contribution in [0.2, 0.25) is 0 Å². The van der Waals surface area contributed by atoms with Gasteiger partial charge >= 0.3 is 11.7 Å². The standard InChI is InChI=1S/C20H14N2O6/c23-16-11-8-4-5-9-12(11)28-19(26)14(16)13(10-6-2-1-3-7-10)15-17(24)21-20(27)22-18(15)25/h1-9,13,15,23H,(H2,21,22,24,25,27). The highest BCUT2D eigenvalue weighted by atomic mass is 16.4. The number of benzene rings is 2. The van der Waals surface area contributed by atoms with Crippen molar-refractivity contribution in [1.82, 2.24) is 10.6 Å². The molecular weight excluding hydrogens is 364 g/mol. The van der Waals surface area contributed by atoms with Crippen LogP contribution in [-0.2, 0) is 9.59 Å². The van der Waals surface area contributed by atoms with Gasteiger partial charge in [0, 0.05) is 5.92 Å². The second kappa shape index (κ2) is 6.66. The molecule has 0 bridgehead atoms. The second-order valence-corrected chi connectivity index (χ2v) is 6.32. The molecule has 1 atom stereocenters. The van der Waals surface area contributed by atoms with E-state index in [2.05, 4.69) is 0 Å². The molecular formula is C20H14N2O6. The van der Waals surface area contributed by atoms with E-state index in [1.54, 1.807) is 48.5 Å². The molecule has 1 saturated heterocycles. The van der Waals surface area contributed by atoms with E-state index in [1.165, 1.54) is 6.07 Å². The molecule has 8 heteroatoms. The number of aromatic hydroxyl groups is 1. The van der Waals surface area contributed by atoms with Gasteiger partial charge in [0.15, 0.2) is 0 Å². The van der Waals surface area contributed by atoms with Crippen LogP contribution in [0.4, 0.5) is 4.79 Å². The molecule has 1 fully saturated rings. The first-order chi connectivity index (χ1) is 13.5. The Balaban J connectivity index is 1.99. The number of hydrogen-bond acceptors (Lipinski definition) is 6. The Kier molecular flexibility index (Phi) is 4.15. The van der Waals surface area contributed by atoms with E-state index in [-0.39, 0.29) is 22.3 Å². The van der Waals surface area contributed by atoms with Crippen molar-refractivity contribution in [3.63, 3.8) is 0 Å². The molecule has 0 saturated carbocycles. The van der Waals surface area contributed by atoms with Crippen LogP contribution in [0.1, 0.15) is 17.0 Å². The highest BCUT2D eigenvalue weighted by Gasteiger charge is 2.44. The van der Waals surface area contributed by atoms with Gasteiger partial charge in [-0.05, 0) is 17.7 Å². The molecule has 4 amide bonds. The maximum atomic E-state index is 12.7. The molecule has 3 N–H and O–H groups in total. The third-order valence-corrected chi connectivity index (χ3v) is 4.66. The predicted octanol–water partition coefficient (Wildman–Crippen LogP) is 1.61. The van der Waals surface area contributed by atoms with Crippen LogP contribution >= 0.6 is 0 Å². The SMILES string of the molecule is O=C1NC(=O)C(C(c2ccccc2)c2c(O)c3ccccc3oc2=O)C(=O)N1. The lowest BCUT2D eigenvalue weighted by molar-refractivity contribution is -0.136. The number of urea groups is 1. The molecule has 3 aromatic rings. The van der Waals surface area contributed by atoms with Gasteiger partial charge in [0.2, 0.25) is 11.8 Å². The highest BCUT2D eigenvalue weighted by molar-refractivity contribution is 6.17. The van der Waals surface area contributed by atoms with Gasteiger partial charge < -0.3 is 9.52 Å². The fourth-order valence-electron chi connectivity index (χ4n) is 3.44. The predicted molar refractivity (Wildman–Crippen MR) is 97.6 cm³/mol. The summed E-state index contributed by atoms with van der Waals surface area (Å²) < 4.78 is 5.31. The molecule has 0 radical (unpaired) electrons. The summed E-state index contributed by atoms with van der Waals surface area (Å²) >= 11 is 0. The largest absolute Gasteiger partial charge is 0.507 e. The number of fused-ring (bicyclic) bond motifs is 1. The van der Waals surface area contributed by atoms with Gasteiger partial charge in [0.1, 0.15) is 17.3 Å². The second-order valence-electron chi connectivity index (χ2n) is 6.32. The maximum absolute atomic E-state index is 12.7. The summed E-state index contributed by atoms with van der Waals surface area (Å²) in [4.78, 5) is 49.1. The van der Waals surface area contributed by atoms with E-state index in [4.69, 9.17) is 4.42 Å². The van der Waals surface area contributed by atoms with Crippen molar-refractivity contribution in [1.29, 1.82) is 0 Å². The van der Waals surface area contributed by atoms with Crippen molar-refractivity contribution < 1.29 is 23.9 Å². The third-order valence-electron chi connectivity index (χ3n) is 4.66. The number of hydrogen-bond donors (Lipinski definition) is 3. The number of carbonyl (C=O) groups excluding carboxylic acids is 3. The Morgan fingerprint density at radius 2 is 1.46 bits per heavy atom. The summed E-state index contributed by atoms with van der Waals surface area (Å²) in [5.41, 5.74) is -0.490. The Morgan fingerprint density at radius 3 is 2.14 bits per heavy atom. The normalized spacial score (nSPS) is 15.9. The van der Waals surface area contributed by atoms with E-state index in [1.807, 2.05) is 10.6 Å². The zero-order valence-electron chi connectivity index (χ0n) is 14.3. The smallest absolute Gasteiger partial charge is 0.343 e. The summed E-state index contributed by atoms with van der Waals surface area (Å²) in [5.74, 6) is -4.72. The first-order valence-electron chi connectivity index (χ1n) is 8.42. The summed E-state index contributed by atoms with van der Waals surface area (Å²) in [5, 5.41) is 15.2. The third kappa shape index (κ3) is 2.81. The number of para-hydroxylation sites is 1. The molecule has 0 aliphatic carbocycles. The zero-order chi connectivity index (χ0) is 19.8. The summed E-state index contributed by atoms with van der Waals surface area (Å²) in [7, 11) is 0. The number of rotatable bonds is 3. The van der Waals surface area contributed by atoms with Gasteiger partial charge in [-0.2, -0.15) is 0 Å². The molecule has 28 heavy (non-hydrogen) atoms. The van der Waals surface area contributed by atoms with Crippen molar-refractivity contribution >= 4 is 28.8 Å². The first kappa shape index (κ1) is 17.5. The van der Waals surface area contributed by atoms with Gasteiger partial charge in [0.25, 0.3) is 0 Å². The van der Waals surface area contributed by atoms with Gasteiger partial charge in [-0.15, -0.1) is 0 Å². The fraction of sp³-hybridized carbons (Fsp3) is 0.100. The lowest BCUT2D eigenvalue weighted by Crippen LogP contribution is -2.57. The topological polar surface area (TPSA) is 126 Å². The molecule has 4 rings (SSSR count). The van der Waals surface area contributed by atoms with Crippen molar-refractivity contribution in [3.8, 4) is 5.75 Å². The van der Waals surface area contributed by atoms with E-state index in [9.17, 15) is 24.3 Å². The van der Waals surface area contributed by atoms with E-state index >= 15 is 0 Å². The van der Waals surface area contributed by atoms with Crippen LogP contribution in [0, 0.1) is 5.92 Å². The Bertz CT molecular complexity index is 1150. The van der Waals surface area contributed by atoms with Gasteiger partial charge in [-0.3, -0.25) is 20.2 Å². The number of carbonyl (C=O) groups is 3. The number of imide groups is 2. The molecule has 1 aromatic heterocycles. The van der Waals surface area contributed by atoms with Crippen molar-refractivity contribution in [2.24, 2.45) is 5.92 Å². The number of amides is 4. The first-order valence-corrected chi connectivity index (χ1v) is 8.42. The Hall–Kier alpha value is -3.94. The number of barbiturate groups is 1. The molecule has 2 heterocycles. The van der Waals surface area contributed by atoms with Crippen molar-refractivity contribution in [2.45, 2.75) is 5.92 Å². The average molecular weight is 378 g/mol. The summed E-state index contributed by atoms with van der Waals surface area (Å²) in [6, 6.07) is 13.8. The summed E-state index contributed by atoms with van der Waals surface area (Å²) in [6.07, 6.45) is 0. The highest BCUT2D eigenvalue weighted by Crippen LogP contribution is 2.39. The van der Waals surface area contributed by atoms with Crippen LogP contribution < -0.4 is 16.3 Å². The average Bonchev–Trinajstić information content (AvgIpc) is 2.66. The quantitative estimate of drug-likeness (QED) is 0.470. The fourth-order valence-corrected chi connectivity index (χ4v) is 3.44. The molecule has 0 spiro atoms. The molecule has 1 aliphatic heterocycles. The Labute approximate surface area is 157 Å². The minimum absolute atomic E-state index is 0.174. The van der Waals surface area contributed by atoms with Gasteiger partial charge in [-0.25, -0.2) is 9.59 Å². The minimum atomic E-state index is -1.45. The lowest BCUT2D eigenvalue weighted by Gasteiger charge is -2.28. The molecule has 1 unspecified atom stereocenters. The molecule has 8 nitrogen and oxygen atoms in total. The monoisotopic (exact) mass is 378 g/mol. The van der Waals surface area contributed by atoms with Crippen molar-refractivity contribution in [2.75, 3.05) is 0 Å². The zero-order valence-corrected chi connectivity index (χ0v) is 14.3. The van der Waals surface area contributed by atoms with Crippen LogP contribution in [0.3, 0.4) is 0 Å². The van der Waals surface area contributed by atoms with Crippen molar-refractivity contribution in [3.05, 3.63) is 76.1 Å². The molecule has 140 valence electrons. The minimum Gasteiger partial charge on any atom is -0.507 e. The lowest BCUT2D eigenvalue weighted by atomic mass is 9.79. The van der Waals surface area contributed by atoms with Crippen LogP contribution in [0.15, 0.2) is 63.8 Å². The van der Waals surface area contributed by atoms with E-state index in [0.29, 0.717) is 5.56 Å². The Morgan fingerprint density at radius 1 is 0.857 bits per heavy atom. The van der Waals surface area contributed by atoms with Gasteiger partial charge in [0.05, 0.1) is 10.9 Å². The van der Waals surface area contributed by atoms with E-state index < -0.39 is 35.3 Å². The molecule has 2 aromatic carbocycles. The maximum Gasteiger partial charge on any atom is 0.343 e. The molecule has 1 aliphatic rings. The van der Waals surface area contributed by atoms with E-state index in [0.717, 1.165) is 0 Å². The summed E-state index contributed by atoms with van der Waals surface area (Å²) in [6.45, 7) is 0. The van der Waals surface area contributed by atoms with Crippen LogP contribution in [0.5, 0.6) is 5.75 Å². The number of nitrogens with one attached hydrogen (secondary N) is 2. The van der Waals surface area contributed by atoms with Crippen LogP contribution in [0.25, 0.3) is 11.0 Å². The van der Waals surface area contributed by atoms with Gasteiger partial charge in [-0.1, -0.05) is 42.5 Å².